The van der Waals surface area contributed by atoms with Crippen molar-refractivity contribution in [2.24, 2.45) is 0 Å². The van der Waals surface area contributed by atoms with Gasteiger partial charge in [0, 0.05) is 32.7 Å². The van der Waals surface area contributed by atoms with Crippen molar-refractivity contribution in [1.82, 2.24) is 10.2 Å². The van der Waals surface area contributed by atoms with Crippen LogP contribution in [0.5, 0.6) is 5.75 Å². The number of nitrogens with one attached hydrogen (secondary N) is 1. The van der Waals surface area contributed by atoms with Crippen LogP contribution in [-0.4, -0.2) is 37.7 Å². The molecule has 1 N–H and O–H groups in total. The molecule has 4 heteroatoms. The number of ether oxygens (including phenoxy) is 1. The maximum absolute atomic E-state index is 8.77. The van der Waals surface area contributed by atoms with Crippen molar-refractivity contribution < 1.29 is 4.74 Å². The maximum Gasteiger partial charge on any atom is 0.119 e. The van der Waals surface area contributed by atoms with Crippen LogP contribution >= 0.6 is 0 Å². The van der Waals surface area contributed by atoms with Crippen LogP contribution in [0.15, 0.2) is 54.6 Å². The first-order valence-corrected chi connectivity index (χ1v) is 8.65. The minimum Gasteiger partial charge on any atom is -0.490 e. The topological polar surface area (TPSA) is 48.3 Å². The molecule has 128 valence electrons. The van der Waals surface area contributed by atoms with E-state index < -0.39 is 0 Å². The summed E-state index contributed by atoms with van der Waals surface area (Å²) < 4.78 is 5.64. The van der Waals surface area contributed by atoms with Gasteiger partial charge >= 0.3 is 0 Å². The van der Waals surface area contributed by atoms with Gasteiger partial charge in [0.15, 0.2) is 0 Å². The SMILES string of the molecule is N#Cc1ccc(OCC=Cc2ccc(CN3CCNCC3)cc2)cc1. The summed E-state index contributed by atoms with van der Waals surface area (Å²) >= 11 is 0. The van der Waals surface area contributed by atoms with Gasteiger partial charge in [-0.3, -0.25) is 4.90 Å². The van der Waals surface area contributed by atoms with Crippen LogP contribution in [0.3, 0.4) is 0 Å². The molecule has 1 fully saturated rings. The normalized spacial score (nSPS) is 15.2. The standard InChI is InChI=1S/C21H23N3O/c22-16-19-7-9-21(10-8-19)25-15-1-2-18-3-5-20(6-4-18)17-24-13-11-23-12-14-24/h1-10,23H,11-15,17H2. The number of rotatable bonds is 6. The highest BCUT2D eigenvalue weighted by Crippen LogP contribution is 2.12. The molecule has 0 spiro atoms. The van der Waals surface area contributed by atoms with Gasteiger partial charge in [0.05, 0.1) is 11.6 Å². The fraction of sp³-hybridized carbons (Fsp3) is 0.286. The summed E-state index contributed by atoms with van der Waals surface area (Å²) in [5.41, 5.74) is 3.17. The molecule has 0 saturated carbocycles. The molecule has 1 heterocycles. The average Bonchev–Trinajstić information content (AvgIpc) is 2.68. The Morgan fingerprint density at radius 1 is 1.04 bits per heavy atom. The molecule has 0 atom stereocenters. The van der Waals surface area contributed by atoms with Gasteiger partial charge in [-0.25, -0.2) is 0 Å². The van der Waals surface area contributed by atoms with Gasteiger partial charge in [0.2, 0.25) is 0 Å². The summed E-state index contributed by atoms with van der Waals surface area (Å²) in [5.74, 6) is 0.773. The summed E-state index contributed by atoms with van der Waals surface area (Å²) in [4.78, 5) is 2.48. The molecule has 1 aliphatic heterocycles. The predicted octanol–water partition coefficient (Wildman–Crippen LogP) is 3.06. The lowest BCUT2D eigenvalue weighted by atomic mass is 10.1. The first-order valence-electron chi connectivity index (χ1n) is 8.65. The van der Waals surface area contributed by atoms with E-state index in [0.29, 0.717) is 12.2 Å². The zero-order chi connectivity index (χ0) is 17.3. The van der Waals surface area contributed by atoms with Crippen LogP contribution in [0.1, 0.15) is 16.7 Å². The van der Waals surface area contributed by atoms with Gasteiger partial charge in [-0.1, -0.05) is 30.3 Å². The van der Waals surface area contributed by atoms with Crippen molar-refractivity contribution in [2.75, 3.05) is 32.8 Å². The number of nitrogens with zero attached hydrogens (tertiary/aromatic N) is 2. The predicted molar refractivity (Wildman–Crippen MR) is 100 cm³/mol. The quantitative estimate of drug-likeness (QED) is 0.883. The molecule has 3 rings (SSSR count). The number of nitriles is 1. The Labute approximate surface area is 149 Å². The van der Waals surface area contributed by atoms with Crippen LogP contribution < -0.4 is 10.1 Å². The Bertz CT molecular complexity index is 723. The van der Waals surface area contributed by atoms with Crippen LogP contribution in [0.25, 0.3) is 6.08 Å². The van der Waals surface area contributed by atoms with Crippen molar-refractivity contribution in [2.45, 2.75) is 6.54 Å². The lowest BCUT2D eigenvalue weighted by Crippen LogP contribution is -2.42. The van der Waals surface area contributed by atoms with Crippen molar-refractivity contribution in [1.29, 1.82) is 5.26 Å². The van der Waals surface area contributed by atoms with E-state index in [1.165, 1.54) is 11.1 Å². The van der Waals surface area contributed by atoms with Crippen LogP contribution in [0.4, 0.5) is 0 Å². The van der Waals surface area contributed by atoms with E-state index in [9.17, 15) is 0 Å². The van der Waals surface area contributed by atoms with E-state index >= 15 is 0 Å². The molecule has 1 aliphatic rings. The van der Waals surface area contributed by atoms with Gasteiger partial charge < -0.3 is 10.1 Å². The van der Waals surface area contributed by atoms with Gasteiger partial charge in [0.25, 0.3) is 0 Å². The Morgan fingerprint density at radius 2 is 1.76 bits per heavy atom. The monoisotopic (exact) mass is 333 g/mol. The highest BCUT2D eigenvalue weighted by atomic mass is 16.5. The van der Waals surface area contributed by atoms with Gasteiger partial charge in [-0.2, -0.15) is 5.26 Å². The van der Waals surface area contributed by atoms with Crippen LogP contribution in [-0.2, 0) is 6.54 Å². The highest BCUT2D eigenvalue weighted by Gasteiger charge is 2.09. The second-order valence-electron chi connectivity index (χ2n) is 6.12. The van der Waals surface area contributed by atoms with E-state index in [4.69, 9.17) is 10.00 Å². The molecule has 0 aromatic heterocycles. The Balaban J connectivity index is 1.45. The van der Waals surface area contributed by atoms with E-state index in [2.05, 4.69) is 46.6 Å². The van der Waals surface area contributed by atoms with Crippen molar-refractivity contribution >= 4 is 6.08 Å². The van der Waals surface area contributed by atoms with E-state index in [0.717, 1.165) is 38.5 Å². The largest absolute Gasteiger partial charge is 0.490 e. The second kappa shape index (κ2) is 9.03. The number of benzene rings is 2. The molecule has 0 bridgehead atoms. The van der Waals surface area contributed by atoms with Crippen molar-refractivity contribution in [3.63, 3.8) is 0 Å². The molecular formula is C21H23N3O. The Morgan fingerprint density at radius 3 is 2.44 bits per heavy atom. The molecule has 2 aromatic carbocycles. The highest BCUT2D eigenvalue weighted by molar-refractivity contribution is 5.49. The summed E-state index contributed by atoms with van der Waals surface area (Å²) in [6.45, 7) is 5.94. The third-order valence-electron chi connectivity index (χ3n) is 4.24. The summed E-state index contributed by atoms with van der Waals surface area (Å²) in [6, 6.07) is 17.9. The summed E-state index contributed by atoms with van der Waals surface area (Å²) in [5, 5.41) is 12.2. The molecule has 0 radical (unpaired) electrons. The van der Waals surface area contributed by atoms with Gasteiger partial charge in [-0.15, -0.1) is 0 Å². The summed E-state index contributed by atoms with van der Waals surface area (Å²) in [6.07, 6.45) is 4.07. The number of hydrogen-bond acceptors (Lipinski definition) is 4. The molecule has 0 amide bonds. The Kier molecular flexibility index (Phi) is 6.22. The number of hydrogen-bond donors (Lipinski definition) is 1. The second-order valence-corrected chi connectivity index (χ2v) is 6.12. The van der Waals surface area contributed by atoms with E-state index in [-0.39, 0.29) is 0 Å². The van der Waals surface area contributed by atoms with E-state index in [1.54, 1.807) is 12.1 Å². The van der Waals surface area contributed by atoms with Crippen molar-refractivity contribution in [3.05, 3.63) is 71.3 Å². The fourth-order valence-corrected chi connectivity index (χ4v) is 2.82. The van der Waals surface area contributed by atoms with Crippen LogP contribution in [0, 0.1) is 11.3 Å². The smallest absolute Gasteiger partial charge is 0.119 e. The average molecular weight is 333 g/mol. The zero-order valence-electron chi connectivity index (χ0n) is 14.3. The molecule has 25 heavy (non-hydrogen) atoms. The lowest BCUT2D eigenvalue weighted by molar-refractivity contribution is 0.233. The first-order chi connectivity index (χ1) is 12.3. The van der Waals surface area contributed by atoms with E-state index in [1.807, 2.05) is 18.2 Å². The molecule has 0 aliphatic carbocycles. The minimum atomic E-state index is 0.508. The molecule has 1 saturated heterocycles. The minimum absolute atomic E-state index is 0.508. The molecule has 0 unspecified atom stereocenters. The van der Waals surface area contributed by atoms with Gasteiger partial charge in [-0.05, 0) is 41.5 Å². The van der Waals surface area contributed by atoms with Crippen molar-refractivity contribution in [3.8, 4) is 11.8 Å². The van der Waals surface area contributed by atoms with Gasteiger partial charge in [0.1, 0.15) is 12.4 Å². The fourth-order valence-electron chi connectivity index (χ4n) is 2.82. The lowest BCUT2D eigenvalue weighted by Gasteiger charge is -2.27. The third kappa shape index (κ3) is 5.46. The number of piperazine rings is 1. The molecular weight excluding hydrogens is 310 g/mol. The first kappa shape index (κ1) is 17.2. The molecule has 2 aromatic rings. The molecule has 4 nitrogen and oxygen atoms in total. The summed E-state index contributed by atoms with van der Waals surface area (Å²) in [7, 11) is 0. The third-order valence-corrected chi connectivity index (χ3v) is 4.24. The zero-order valence-corrected chi connectivity index (χ0v) is 14.3. The van der Waals surface area contributed by atoms with Crippen LogP contribution in [0.2, 0.25) is 0 Å². The maximum atomic E-state index is 8.77. The Hall–Kier alpha value is -2.61.